The van der Waals surface area contributed by atoms with Gasteiger partial charge in [-0.15, -0.1) is 11.3 Å². The molecule has 162 valence electrons. The van der Waals surface area contributed by atoms with E-state index in [1.54, 1.807) is 18.4 Å². The molecule has 30 heavy (non-hydrogen) atoms. The van der Waals surface area contributed by atoms with Crippen LogP contribution in [0, 0.1) is 12.8 Å². The zero-order valence-electron chi connectivity index (χ0n) is 18.1. The van der Waals surface area contributed by atoms with Crippen LogP contribution in [0.2, 0.25) is 0 Å². The molecule has 8 heteroatoms. The molecule has 0 unspecified atom stereocenters. The summed E-state index contributed by atoms with van der Waals surface area (Å²) < 4.78 is 5.44. The molecule has 2 aliphatic rings. The van der Waals surface area contributed by atoms with Crippen LogP contribution in [0.3, 0.4) is 0 Å². The van der Waals surface area contributed by atoms with Gasteiger partial charge in [0.15, 0.2) is 5.82 Å². The Labute approximate surface area is 182 Å². The average Bonchev–Trinajstić information content (AvgIpc) is 3.24. The normalized spacial score (nSPS) is 22.8. The van der Waals surface area contributed by atoms with Gasteiger partial charge >= 0.3 is 0 Å². The van der Waals surface area contributed by atoms with Crippen molar-refractivity contribution in [1.29, 1.82) is 0 Å². The Kier molecular flexibility index (Phi) is 6.63. The maximum atomic E-state index is 13.0. The molecule has 2 aromatic heterocycles. The summed E-state index contributed by atoms with van der Waals surface area (Å²) in [6.45, 7) is 3.61. The summed E-state index contributed by atoms with van der Waals surface area (Å²) in [5, 5.41) is 4.17. The highest BCUT2D eigenvalue weighted by atomic mass is 32.1. The first-order chi connectivity index (χ1) is 14.6. The van der Waals surface area contributed by atoms with Crippen molar-refractivity contribution < 1.29 is 9.53 Å². The number of hydrogen-bond donors (Lipinski definition) is 1. The number of aromatic nitrogens is 3. The van der Waals surface area contributed by atoms with Crippen molar-refractivity contribution >= 4 is 23.1 Å². The topological polar surface area (TPSA) is 80.2 Å². The van der Waals surface area contributed by atoms with E-state index in [0.717, 1.165) is 78.8 Å². The molecule has 3 heterocycles. The number of hydrogen-bond acceptors (Lipinski definition) is 7. The molecule has 0 atom stereocenters. The first-order valence-electron chi connectivity index (χ1n) is 10.9. The van der Waals surface area contributed by atoms with Crippen LogP contribution in [0.1, 0.15) is 55.1 Å². The number of nitrogens with zero attached hydrogens (tertiary/aromatic N) is 4. The molecule has 0 aromatic carbocycles. The minimum absolute atomic E-state index is 0.170. The number of piperidine rings is 1. The third kappa shape index (κ3) is 4.64. The highest BCUT2D eigenvalue weighted by Gasteiger charge is 2.32. The average molecular weight is 430 g/mol. The first-order valence-corrected chi connectivity index (χ1v) is 11.7. The van der Waals surface area contributed by atoms with Crippen molar-refractivity contribution in [3.8, 4) is 10.7 Å². The van der Waals surface area contributed by atoms with Gasteiger partial charge in [0.2, 0.25) is 5.91 Å². The molecule has 4 rings (SSSR count). The van der Waals surface area contributed by atoms with Crippen molar-refractivity contribution in [3.63, 3.8) is 0 Å². The Bertz CT molecular complexity index is 870. The van der Waals surface area contributed by atoms with Crippen LogP contribution < -0.4 is 5.32 Å². The van der Waals surface area contributed by atoms with Gasteiger partial charge < -0.3 is 15.0 Å². The molecule has 7 nitrogen and oxygen atoms in total. The van der Waals surface area contributed by atoms with Gasteiger partial charge in [0.1, 0.15) is 5.82 Å². The van der Waals surface area contributed by atoms with Gasteiger partial charge in [-0.3, -0.25) is 4.79 Å². The molecule has 1 saturated heterocycles. The quantitative estimate of drug-likeness (QED) is 0.777. The molecule has 2 aromatic rings. The maximum absolute atomic E-state index is 13.0. The molecule has 1 amide bonds. The summed E-state index contributed by atoms with van der Waals surface area (Å²) in [7, 11) is 3.65. The fourth-order valence-electron chi connectivity index (χ4n) is 4.58. The maximum Gasteiger partial charge on any atom is 0.225 e. The summed E-state index contributed by atoms with van der Waals surface area (Å²) >= 11 is 1.61. The number of thiazole rings is 1. The number of aryl methyl sites for hydroxylation is 1. The Hall–Kier alpha value is -2.06. The van der Waals surface area contributed by atoms with E-state index in [1.165, 1.54) is 0 Å². The summed E-state index contributed by atoms with van der Waals surface area (Å²) in [4.78, 5) is 29.9. The van der Waals surface area contributed by atoms with E-state index in [0.29, 0.717) is 17.9 Å². The third-order valence-electron chi connectivity index (χ3n) is 6.43. The summed E-state index contributed by atoms with van der Waals surface area (Å²) in [6.07, 6.45) is 7.96. The number of likely N-dealkylation sites (tertiary alicyclic amines) is 1. The van der Waals surface area contributed by atoms with Gasteiger partial charge in [0.25, 0.3) is 0 Å². The zero-order valence-corrected chi connectivity index (χ0v) is 18.9. The Morgan fingerprint density at radius 1 is 1.17 bits per heavy atom. The highest BCUT2D eigenvalue weighted by molar-refractivity contribution is 7.14. The first kappa shape index (κ1) is 21.2. The molecule has 0 radical (unpaired) electrons. The minimum atomic E-state index is 0.170. The van der Waals surface area contributed by atoms with E-state index in [9.17, 15) is 4.79 Å². The second-order valence-corrected chi connectivity index (χ2v) is 9.54. The van der Waals surface area contributed by atoms with Gasteiger partial charge in [-0.2, -0.15) is 0 Å². The van der Waals surface area contributed by atoms with E-state index < -0.39 is 0 Å². The molecule has 1 aliphatic heterocycles. The number of methoxy groups -OCH3 is 1. The van der Waals surface area contributed by atoms with Gasteiger partial charge in [-0.25, -0.2) is 15.0 Å². The summed E-state index contributed by atoms with van der Waals surface area (Å²) in [5.74, 6) is 2.41. The second-order valence-electron chi connectivity index (χ2n) is 8.30. The lowest BCUT2D eigenvalue weighted by Crippen LogP contribution is -2.42. The van der Waals surface area contributed by atoms with E-state index in [-0.39, 0.29) is 5.92 Å². The number of carbonyl (C=O) groups excluding carboxylic acids is 1. The lowest BCUT2D eigenvalue weighted by molar-refractivity contribution is -0.138. The molecule has 0 spiro atoms. The predicted molar refractivity (Wildman–Crippen MR) is 119 cm³/mol. The predicted octanol–water partition coefficient (Wildman–Crippen LogP) is 3.86. The number of rotatable bonds is 5. The molecule has 1 aliphatic carbocycles. The van der Waals surface area contributed by atoms with E-state index >= 15 is 0 Å². The van der Waals surface area contributed by atoms with Gasteiger partial charge in [-0.05, 0) is 45.4 Å². The molecule has 2 fully saturated rings. The number of carbonyl (C=O) groups is 1. The Morgan fingerprint density at radius 3 is 2.50 bits per heavy atom. The highest BCUT2D eigenvalue weighted by Crippen LogP contribution is 2.33. The van der Waals surface area contributed by atoms with Crippen LogP contribution in [0.4, 0.5) is 5.82 Å². The van der Waals surface area contributed by atoms with Crippen molar-refractivity contribution in [2.75, 3.05) is 32.6 Å². The molecule has 1 N–H and O–H groups in total. The molecular weight excluding hydrogens is 398 g/mol. The van der Waals surface area contributed by atoms with Crippen molar-refractivity contribution in [1.82, 2.24) is 19.9 Å². The fourth-order valence-corrected chi connectivity index (χ4v) is 5.29. The smallest absolute Gasteiger partial charge is 0.225 e. The second kappa shape index (κ2) is 9.39. The largest absolute Gasteiger partial charge is 0.381 e. The van der Waals surface area contributed by atoms with E-state index in [4.69, 9.17) is 9.72 Å². The Balaban J connectivity index is 1.41. The lowest BCUT2D eigenvalue weighted by atomic mass is 9.85. The van der Waals surface area contributed by atoms with Crippen LogP contribution >= 0.6 is 11.3 Å². The standard InChI is InChI=1S/C22H31N5O2S/c1-14-24-13-19(30-14)21-25-18(12-20(23-2)26-21)15-8-10-27(11-9-15)22(28)16-4-6-17(29-3)7-5-16/h12-13,15-17H,4-11H2,1-3H3,(H,23,25,26). The van der Waals surface area contributed by atoms with Crippen molar-refractivity contribution in [2.45, 2.75) is 57.5 Å². The number of amides is 1. The van der Waals surface area contributed by atoms with Crippen LogP contribution in [0.25, 0.3) is 10.7 Å². The molecule has 0 bridgehead atoms. The number of anilines is 1. The Morgan fingerprint density at radius 2 is 1.90 bits per heavy atom. The van der Waals surface area contributed by atoms with Crippen LogP contribution in [-0.4, -0.2) is 59.1 Å². The van der Waals surface area contributed by atoms with Gasteiger partial charge in [0, 0.05) is 57.0 Å². The van der Waals surface area contributed by atoms with E-state index in [1.807, 2.05) is 26.2 Å². The van der Waals surface area contributed by atoms with Crippen LogP contribution in [-0.2, 0) is 9.53 Å². The number of nitrogens with one attached hydrogen (secondary N) is 1. The fraction of sp³-hybridized carbons (Fsp3) is 0.636. The third-order valence-corrected chi connectivity index (χ3v) is 7.33. The van der Waals surface area contributed by atoms with Crippen LogP contribution in [0.15, 0.2) is 12.3 Å². The SMILES string of the molecule is CNc1cc(C2CCN(C(=O)C3CCC(OC)CC3)CC2)nc(-c2cnc(C)s2)n1. The lowest BCUT2D eigenvalue weighted by Gasteiger charge is -2.36. The number of ether oxygens (including phenoxy) is 1. The van der Waals surface area contributed by atoms with Crippen molar-refractivity contribution in [2.24, 2.45) is 5.92 Å². The van der Waals surface area contributed by atoms with E-state index in [2.05, 4.69) is 20.2 Å². The van der Waals surface area contributed by atoms with Crippen molar-refractivity contribution in [3.05, 3.63) is 23.0 Å². The zero-order chi connectivity index (χ0) is 21.1. The van der Waals surface area contributed by atoms with Gasteiger partial charge in [-0.1, -0.05) is 0 Å². The summed E-state index contributed by atoms with van der Waals surface area (Å²) in [5.41, 5.74) is 1.06. The molecular formula is C22H31N5O2S. The van der Waals surface area contributed by atoms with Crippen LogP contribution in [0.5, 0.6) is 0 Å². The molecule has 1 saturated carbocycles. The minimum Gasteiger partial charge on any atom is -0.381 e. The van der Waals surface area contributed by atoms with Gasteiger partial charge in [0.05, 0.1) is 16.0 Å². The monoisotopic (exact) mass is 429 g/mol. The summed E-state index contributed by atoms with van der Waals surface area (Å²) in [6, 6.07) is 2.05.